The van der Waals surface area contributed by atoms with Crippen LogP contribution in [0.3, 0.4) is 0 Å². The van der Waals surface area contributed by atoms with Crippen molar-refractivity contribution in [3.63, 3.8) is 0 Å². The summed E-state index contributed by atoms with van der Waals surface area (Å²) < 4.78 is 4.54. The van der Waals surface area contributed by atoms with Crippen LogP contribution in [0.1, 0.15) is 79.0 Å². The summed E-state index contributed by atoms with van der Waals surface area (Å²) in [5.41, 5.74) is 12.8. The van der Waals surface area contributed by atoms with Gasteiger partial charge in [0, 0.05) is 33.7 Å². The molecule has 294 valence electrons. The number of phenols is 1. The number of para-hydroxylation sites is 2. The van der Waals surface area contributed by atoms with E-state index in [4.69, 9.17) is 9.97 Å². The molecule has 3 aromatic heterocycles. The molecule has 0 bridgehead atoms. The number of pyridine rings is 1. The van der Waals surface area contributed by atoms with Crippen LogP contribution in [0.15, 0.2) is 146 Å². The van der Waals surface area contributed by atoms with E-state index in [0.29, 0.717) is 11.4 Å². The Hall–Kier alpha value is -6.46. The predicted molar refractivity (Wildman–Crippen MR) is 247 cm³/mol. The van der Waals surface area contributed by atoms with Gasteiger partial charge < -0.3 is 5.11 Å². The minimum Gasteiger partial charge on any atom is -0.507 e. The lowest BCUT2D eigenvalue weighted by molar-refractivity contribution is 0.446. The van der Waals surface area contributed by atoms with Gasteiger partial charge in [-0.25, -0.2) is 9.97 Å². The summed E-state index contributed by atoms with van der Waals surface area (Å²) in [4.78, 5) is 10.4. The summed E-state index contributed by atoms with van der Waals surface area (Å²) in [6.07, 6.45) is 1.85. The molecular weight excluding hydrogens is 721 g/mol. The van der Waals surface area contributed by atoms with E-state index in [1.165, 1.54) is 16.3 Å². The van der Waals surface area contributed by atoms with Crippen LogP contribution >= 0.6 is 0 Å². The maximum absolute atomic E-state index is 12.5. The monoisotopic (exact) mass is 772 g/mol. The first-order chi connectivity index (χ1) is 28.1. The molecule has 0 saturated heterocycles. The minimum atomic E-state index is -0.312. The van der Waals surface area contributed by atoms with Crippen LogP contribution < -0.4 is 0 Å². The first-order valence-electron chi connectivity index (χ1n) is 20.6. The molecular formula is C54H52N4O. The van der Waals surface area contributed by atoms with Gasteiger partial charge in [0.05, 0.1) is 33.3 Å². The summed E-state index contributed by atoms with van der Waals surface area (Å²) in [5, 5.41) is 14.8. The molecule has 59 heavy (non-hydrogen) atoms. The molecule has 5 heteroatoms. The third-order valence-corrected chi connectivity index (χ3v) is 11.8. The van der Waals surface area contributed by atoms with Crippen LogP contribution in [0.4, 0.5) is 0 Å². The maximum Gasteiger partial charge on any atom is 0.149 e. The number of rotatable bonds is 5. The number of nitrogens with zero attached hydrogens (tertiary/aromatic N) is 4. The smallest absolute Gasteiger partial charge is 0.149 e. The van der Waals surface area contributed by atoms with Crippen molar-refractivity contribution in [2.75, 3.05) is 0 Å². The van der Waals surface area contributed by atoms with Gasteiger partial charge in [0.25, 0.3) is 0 Å². The van der Waals surface area contributed by atoms with Crippen LogP contribution in [0.2, 0.25) is 0 Å². The Morgan fingerprint density at radius 2 is 1.15 bits per heavy atom. The zero-order valence-corrected chi connectivity index (χ0v) is 35.6. The van der Waals surface area contributed by atoms with Crippen LogP contribution in [-0.4, -0.2) is 24.2 Å². The summed E-state index contributed by atoms with van der Waals surface area (Å²) in [6, 6.07) is 49.6. The molecule has 1 N–H and O–H groups in total. The van der Waals surface area contributed by atoms with E-state index in [9.17, 15) is 5.11 Å². The van der Waals surface area contributed by atoms with Crippen molar-refractivity contribution in [1.29, 1.82) is 0 Å². The summed E-state index contributed by atoms with van der Waals surface area (Å²) in [6.45, 7) is 20.0. The number of aromatic hydroxyl groups is 1. The highest BCUT2D eigenvalue weighted by Crippen LogP contribution is 2.46. The summed E-state index contributed by atoms with van der Waals surface area (Å²) in [7, 11) is 0. The standard InChI is InChI=1S/C54H52N4O/c1-52(2,3)36-26-28-45(41(31-36)34-18-11-10-12-19-34)58-46-23-17-21-38(49(46)56-51(58)42-32-37(53(4,5)6)33-43(50(42)59)54(7,8)9)35-25-27-40-39-20-13-14-22-44(39)57(47(40)30-35)48-24-15-16-29-55-48/h10-33,59H,1-9H3. The third kappa shape index (κ3) is 6.59. The van der Waals surface area contributed by atoms with E-state index in [-0.39, 0.29) is 22.0 Å². The van der Waals surface area contributed by atoms with Crippen molar-refractivity contribution in [2.45, 2.75) is 78.6 Å². The van der Waals surface area contributed by atoms with Crippen molar-refractivity contribution >= 4 is 32.8 Å². The molecule has 9 aromatic rings. The lowest BCUT2D eigenvalue weighted by atomic mass is 9.79. The van der Waals surface area contributed by atoms with E-state index < -0.39 is 0 Å². The highest BCUT2D eigenvalue weighted by molar-refractivity contribution is 6.11. The Balaban J connectivity index is 1.39. The molecule has 0 radical (unpaired) electrons. The van der Waals surface area contributed by atoms with Crippen molar-refractivity contribution in [3.8, 4) is 50.9 Å². The fourth-order valence-corrected chi connectivity index (χ4v) is 8.48. The Kier molecular flexibility index (Phi) is 8.93. The predicted octanol–water partition coefficient (Wildman–Crippen LogP) is 14.1. The van der Waals surface area contributed by atoms with Gasteiger partial charge in [0.1, 0.15) is 17.4 Å². The molecule has 0 aliphatic rings. The van der Waals surface area contributed by atoms with Gasteiger partial charge in [-0.3, -0.25) is 9.13 Å². The van der Waals surface area contributed by atoms with Crippen molar-refractivity contribution in [1.82, 2.24) is 19.1 Å². The molecule has 0 atom stereocenters. The zero-order chi connectivity index (χ0) is 41.4. The Labute approximate surface area is 347 Å². The second-order valence-corrected chi connectivity index (χ2v) is 19.0. The topological polar surface area (TPSA) is 55.9 Å². The molecule has 3 heterocycles. The Morgan fingerprint density at radius 3 is 1.86 bits per heavy atom. The molecule has 0 aliphatic carbocycles. The lowest BCUT2D eigenvalue weighted by Crippen LogP contribution is -2.17. The van der Waals surface area contributed by atoms with Gasteiger partial charge in [-0.05, 0) is 87.0 Å². The molecule has 0 unspecified atom stereocenters. The molecule has 5 nitrogen and oxygen atoms in total. The third-order valence-electron chi connectivity index (χ3n) is 11.8. The van der Waals surface area contributed by atoms with Gasteiger partial charge >= 0.3 is 0 Å². The highest BCUT2D eigenvalue weighted by atomic mass is 16.3. The zero-order valence-electron chi connectivity index (χ0n) is 35.6. The largest absolute Gasteiger partial charge is 0.507 e. The second-order valence-electron chi connectivity index (χ2n) is 19.0. The van der Waals surface area contributed by atoms with Gasteiger partial charge in [-0.15, -0.1) is 0 Å². The molecule has 6 aromatic carbocycles. The van der Waals surface area contributed by atoms with Crippen molar-refractivity contribution in [2.24, 2.45) is 0 Å². The van der Waals surface area contributed by atoms with Gasteiger partial charge in [0.15, 0.2) is 0 Å². The van der Waals surface area contributed by atoms with Crippen LogP contribution in [0.5, 0.6) is 5.75 Å². The number of hydrogen-bond donors (Lipinski definition) is 1. The second kappa shape index (κ2) is 13.8. The minimum absolute atomic E-state index is 0.0631. The molecule has 0 saturated carbocycles. The van der Waals surface area contributed by atoms with E-state index >= 15 is 0 Å². The SMILES string of the molecule is CC(C)(C)c1ccc(-n2c(-c3cc(C(C)(C)C)cc(C(C)(C)C)c3O)nc3c(-c4ccc5c6ccccc6n(-c6ccccn6)c5c4)cccc32)c(-c2ccccc2)c1. The number of imidazole rings is 1. The van der Waals surface area contributed by atoms with Crippen LogP contribution in [0, 0.1) is 0 Å². The molecule has 0 spiro atoms. The fraction of sp³-hybridized carbons (Fsp3) is 0.222. The number of benzene rings is 6. The molecule has 0 fully saturated rings. The van der Waals surface area contributed by atoms with Gasteiger partial charge in [0.2, 0.25) is 0 Å². The van der Waals surface area contributed by atoms with Gasteiger partial charge in [-0.1, -0.05) is 153 Å². The van der Waals surface area contributed by atoms with Crippen LogP contribution in [0.25, 0.3) is 78.0 Å². The summed E-state index contributed by atoms with van der Waals surface area (Å²) in [5.74, 6) is 1.83. The Morgan fingerprint density at radius 1 is 0.475 bits per heavy atom. The average Bonchev–Trinajstić information content (AvgIpc) is 3.76. The first kappa shape index (κ1) is 38.1. The van der Waals surface area contributed by atoms with Crippen LogP contribution in [-0.2, 0) is 16.2 Å². The maximum atomic E-state index is 12.5. The van der Waals surface area contributed by atoms with Crippen molar-refractivity contribution < 1.29 is 5.11 Å². The van der Waals surface area contributed by atoms with Crippen molar-refractivity contribution in [3.05, 3.63) is 162 Å². The van der Waals surface area contributed by atoms with E-state index in [0.717, 1.165) is 67.0 Å². The molecule has 9 rings (SSSR count). The van der Waals surface area contributed by atoms with E-state index in [1.807, 2.05) is 18.3 Å². The number of fused-ring (bicyclic) bond motifs is 4. The fourth-order valence-electron chi connectivity index (χ4n) is 8.48. The lowest BCUT2D eigenvalue weighted by Gasteiger charge is -2.28. The highest BCUT2D eigenvalue weighted by Gasteiger charge is 2.30. The summed E-state index contributed by atoms with van der Waals surface area (Å²) >= 11 is 0. The quantitative estimate of drug-likeness (QED) is 0.190. The normalized spacial score (nSPS) is 12.6. The average molecular weight is 773 g/mol. The number of hydrogen-bond acceptors (Lipinski definition) is 3. The van der Waals surface area contributed by atoms with Gasteiger partial charge in [-0.2, -0.15) is 0 Å². The van der Waals surface area contributed by atoms with E-state index in [1.54, 1.807) is 0 Å². The first-order valence-corrected chi connectivity index (χ1v) is 20.6. The molecule has 0 amide bonds. The molecule has 0 aliphatic heterocycles. The van der Waals surface area contributed by atoms with E-state index in [2.05, 4.69) is 199 Å². The Bertz CT molecular complexity index is 3040. The number of phenolic OH excluding ortho intramolecular Hbond substituents is 1. The number of aromatic nitrogens is 4.